The second-order valence-electron chi connectivity index (χ2n) is 5.32. The Morgan fingerprint density at radius 2 is 2.22 bits per heavy atom. The number of H-pyrrole nitrogens is 1. The van der Waals surface area contributed by atoms with Crippen molar-refractivity contribution in [2.75, 3.05) is 13.1 Å². The summed E-state index contributed by atoms with van der Waals surface area (Å²) in [6, 6.07) is 2.91. The van der Waals surface area contributed by atoms with Gasteiger partial charge in [0, 0.05) is 25.4 Å². The molecule has 0 aromatic carbocycles. The van der Waals surface area contributed by atoms with Gasteiger partial charge < -0.3 is 14.6 Å². The highest BCUT2D eigenvalue weighted by molar-refractivity contribution is 5.94. The van der Waals surface area contributed by atoms with Crippen LogP contribution in [0.1, 0.15) is 31.1 Å². The maximum absolute atomic E-state index is 12.3. The molecule has 18 heavy (non-hydrogen) atoms. The van der Waals surface area contributed by atoms with Gasteiger partial charge in [0.2, 0.25) is 5.56 Å². The van der Waals surface area contributed by atoms with Gasteiger partial charge in [-0.25, -0.2) is 0 Å². The van der Waals surface area contributed by atoms with Crippen LogP contribution < -0.4 is 5.56 Å². The first kappa shape index (κ1) is 12.8. The van der Waals surface area contributed by atoms with Gasteiger partial charge in [-0.2, -0.15) is 0 Å². The van der Waals surface area contributed by atoms with Gasteiger partial charge >= 0.3 is 0 Å². The normalized spacial score (nSPS) is 22.8. The lowest BCUT2D eigenvalue weighted by Crippen LogP contribution is -2.53. The SMILES string of the molecule is C[C@H]1CN(C(=O)c2ccc(=O)[nH]c2)CC(C)(C)O1. The summed E-state index contributed by atoms with van der Waals surface area (Å²) in [5.41, 5.74) is -0.0445. The summed E-state index contributed by atoms with van der Waals surface area (Å²) in [4.78, 5) is 27.6. The Labute approximate surface area is 106 Å². The lowest BCUT2D eigenvalue weighted by atomic mass is 10.0. The van der Waals surface area contributed by atoms with Crippen molar-refractivity contribution in [1.29, 1.82) is 0 Å². The summed E-state index contributed by atoms with van der Waals surface area (Å²) < 4.78 is 5.76. The first-order valence-electron chi connectivity index (χ1n) is 6.03. The van der Waals surface area contributed by atoms with E-state index < -0.39 is 0 Å². The van der Waals surface area contributed by atoms with Crippen molar-refractivity contribution < 1.29 is 9.53 Å². The molecule has 0 spiro atoms. The van der Waals surface area contributed by atoms with Crippen molar-refractivity contribution in [2.45, 2.75) is 32.5 Å². The highest BCUT2D eigenvalue weighted by Gasteiger charge is 2.33. The van der Waals surface area contributed by atoms with Crippen LogP contribution in [-0.2, 0) is 4.74 Å². The first-order chi connectivity index (χ1) is 8.37. The third-order valence-corrected chi connectivity index (χ3v) is 2.89. The smallest absolute Gasteiger partial charge is 0.255 e. The molecule has 1 amide bonds. The van der Waals surface area contributed by atoms with Crippen LogP contribution in [-0.4, -0.2) is 40.6 Å². The number of pyridine rings is 1. The summed E-state index contributed by atoms with van der Waals surface area (Å²) in [5, 5.41) is 0. The molecule has 1 aliphatic heterocycles. The summed E-state index contributed by atoms with van der Waals surface area (Å²) in [6.45, 7) is 7.01. The number of nitrogens with zero attached hydrogens (tertiary/aromatic N) is 1. The molecule has 1 aromatic heterocycles. The highest BCUT2D eigenvalue weighted by atomic mass is 16.5. The van der Waals surface area contributed by atoms with Gasteiger partial charge in [-0.1, -0.05) is 0 Å². The molecule has 0 bridgehead atoms. The second kappa shape index (κ2) is 4.57. The maximum Gasteiger partial charge on any atom is 0.255 e. The molecule has 5 heteroatoms. The minimum Gasteiger partial charge on any atom is -0.369 e. The molecule has 1 N–H and O–H groups in total. The van der Waals surface area contributed by atoms with E-state index >= 15 is 0 Å². The third-order valence-electron chi connectivity index (χ3n) is 2.89. The lowest BCUT2D eigenvalue weighted by molar-refractivity contribution is -0.118. The van der Waals surface area contributed by atoms with Crippen LogP contribution >= 0.6 is 0 Å². The summed E-state index contributed by atoms with van der Waals surface area (Å²) in [7, 11) is 0. The third kappa shape index (κ3) is 2.79. The van der Waals surface area contributed by atoms with Gasteiger partial charge in [0.05, 0.1) is 17.3 Å². The molecule has 0 unspecified atom stereocenters. The minimum atomic E-state index is -0.338. The molecule has 1 aliphatic rings. The summed E-state index contributed by atoms with van der Waals surface area (Å²) in [5.74, 6) is -0.0746. The number of carbonyl (C=O) groups excluding carboxylic acids is 1. The Bertz CT molecular complexity index is 487. The maximum atomic E-state index is 12.3. The number of aromatic amines is 1. The van der Waals surface area contributed by atoms with E-state index in [1.54, 1.807) is 11.0 Å². The second-order valence-corrected chi connectivity index (χ2v) is 5.32. The van der Waals surface area contributed by atoms with E-state index in [4.69, 9.17) is 4.74 Å². The standard InChI is InChI=1S/C13H18N2O3/c1-9-7-15(8-13(2,3)18-9)12(17)10-4-5-11(16)14-6-10/h4-6,9H,7-8H2,1-3H3,(H,14,16)/t9-/m0/s1. The fourth-order valence-corrected chi connectivity index (χ4v) is 2.33. The molecular formula is C13H18N2O3. The number of carbonyl (C=O) groups is 1. The van der Waals surface area contributed by atoms with Crippen molar-refractivity contribution in [2.24, 2.45) is 0 Å². The number of hydrogen-bond acceptors (Lipinski definition) is 3. The monoisotopic (exact) mass is 250 g/mol. The van der Waals surface area contributed by atoms with Crippen molar-refractivity contribution in [3.05, 3.63) is 34.2 Å². The lowest BCUT2D eigenvalue weighted by Gasteiger charge is -2.41. The van der Waals surface area contributed by atoms with Gasteiger partial charge in [-0.05, 0) is 26.8 Å². The average molecular weight is 250 g/mol. The van der Waals surface area contributed by atoms with E-state index in [1.165, 1.54) is 12.3 Å². The van der Waals surface area contributed by atoms with E-state index in [1.807, 2.05) is 20.8 Å². The molecule has 1 atom stereocenters. The quantitative estimate of drug-likeness (QED) is 0.809. The number of amides is 1. The zero-order chi connectivity index (χ0) is 13.3. The van der Waals surface area contributed by atoms with Crippen LogP contribution in [0.4, 0.5) is 0 Å². The molecule has 0 saturated carbocycles. The largest absolute Gasteiger partial charge is 0.369 e. The van der Waals surface area contributed by atoms with Crippen molar-refractivity contribution in [3.8, 4) is 0 Å². The summed E-state index contributed by atoms with van der Waals surface area (Å²) in [6.07, 6.45) is 1.47. The fraction of sp³-hybridized carbons (Fsp3) is 0.538. The molecule has 0 aliphatic carbocycles. The number of morpholine rings is 1. The predicted octanol–water partition coefficient (Wildman–Crippen LogP) is 1.01. The van der Waals surface area contributed by atoms with Gasteiger partial charge in [0.1, 0.15) is 0 Å². The zero-order valence-electron chi connectivity index (χ0n) is 10.9. The highest BCUT2D eigenvalue weighted by Crippen LogP contribution is 2.21. The van der Waals surface area contributed by atoms with Crippen LogP contribution in [0.2, 0.25) is 0 Å². The number of ether oxygens (including phenoxy) is 1. The Balaban J connectivity index is 2.18. The van der Waals surface area contributed by atoms with E-state index in [2.05, 4.69) is 4.98 Å². The molecule has 1 fully saturated rings. The van der Waals surface area contributed by atoms with Crippen molar-refractivity contribution in [3.63, 3.8) is 0 Å². The topological polar surface area (TPSA) is 62.4 Å². The number of aromatic nitrogens is 1. The molecule has 1 saturated heterocycles. The molecular weight excluding hydrogens is 232 g/mol. The minimum absolute atomic E-state index is 0.0143. The van der Waals surface area contributed by atoms with Crippen molar-refractivity contribution >= 4 is 5.91 Å². The number of rotatable bonds is 1. The summed E-state index contributed by atoms with van der Waals surface area (Å²) >= 11 is 0. The fourth-order valence-electron chi connectivity index (χ4n) is 2.33. The number of hydrogen-bond donors (Lipinski definition) is 1. The molecule has 0 radical (unpaired) electrons. The van der Waals surface area contributed by atoms with Gasteiger partial charge in [0.15, 0.2) is 0 Å². The molecule has 1 aromatic rings. The molecule has 5 nitrogen and oxygen atoms in total. The van der Waals surface area contributed by atoms with Crippen LogP contribution in [0.5, 0.6) is 0 Å². The van der Waals surface area contributed by atoms with E-state index in [-0.39, 0.29) is 23.2 Å². The molecule has 2 heterocycles. The van der Waals surface area contributed by atoms with Gasteiger partial charge in [-0.3, -0.25) is 9.59 Å². The molecule has 98 valence electrons. The van der Waals surface area contributed by atoms with E-state index in [0.717, 1.165) is 0 Å². The first-order valence-corrected chi connectivity index (χ1v) is 6.03. The van der Waals surface area contributed by atoms with Gasteiger partial charge in [0.25, 0.3) is 5.91 Å². The van der Waals surface area contributed by atoms with Crippen LogP contribution in [0.25, 0.3) is 0 Å². The Hall–Kier alpha value is -1.62. The van der Waals surface area contributed by atoms with Crippen LogP contribution in [0.15, 0.2) is 23.1 Å². The van der Waals surface area contributed by atoms with Crippen molar-refractivity contribution in [1.82, 2.24) is 9.88 Å². The predicted molar refractivity (Wildman–Crippen MR) is 67.6 cm³/mol. The Kier molecular flexibility index (Phi) is 3.26. The van der Waals surface area contributed by atoms with E-state index in [0.29, 0.717) is 18.7 Å². The molecule has 2 rings (SSSR count). The van der Waals surface area contributed by atoms with Gasteiger partial charge in [-0.15, -0.1) is 0 Å². The van der Waals surface area contributed by atoms with Crippen LogP contribution in [0, 0.1) is 0 Å². The zero-order valence-corrected chi connectivity index (χ0v) is 10.9. The average Bonchev–Trinajstić information content (AvgIpc) is 2.26. The number of nitrogens with one attached hydrogen (secondary N) is 1. The van der Waals surface area contributed by atoms with E-state index in [9.17, 15) is 9.59 Å². The van der Waals surface area contributed by atoms with Crippen LogP contribution in [0.3, 0.4) is 0 Å². The Morgan fingerprint density at radius 1 is 1.50 bits per heavy atom. The Morgan fingerprint density at radius 3 is 2.78 bits per heavy atom.